The molecule has 6 nitrogen and oxygen atoms in total. The normalized spacial score (nSPS) is 11.2. The summed E-state index contributed by atoms with van der Waals surface area (Å²) in [5, 5.41) is 2.86. The molecule has 3 rings (SSSR count). The van der Waals surface area contributed by atoms with Crippen LogP contribution in [0.3, 0.4) is 0 Å². The molecule has 1 N–H and O–H groups in total. The fraction of sp³-hybridized carbons (Fsp3) is 0.296. The summed E-state index contributed by atoms with van der Waals surface area (Å²) in [6.45, 7) is 6.50. The van der Waals surface area contributed by atoms with Crippen molar-refractivity contribution in [1.29, 1.82) is 0 Å². The van der Waals surface area contributed by atoms with Gasteiger partial charge in [0.1, 0.15) is 12.3 Å². The molecule has 8 heteroatoms. The third-order valence-corrected chi connectivity index (χ3v) is 8.07. The number of carbonyl (C=O) groups excluding carboxylic acids is 1. The van der Waals surface area contributed by atoms with Crippen molar-refractivity contribution in [2.45, 2.75) is 31.4 Å². The van der Waals surface area contributed by atoms with Gasteiger partial charge in [0.05, 0.1) is 17.2 Å². The maximum atomic E-state index is 13.5. The van der Waals surface area contributed by atoms with Gasteiger partial charge in [-0.3, -0.25) is 9.10 Å². The Balaban J connectivity index is 1.65. The van der Waals surface area contributed by atoms with Gasteiger partial charge < -0.3 is 10.1 Å². The predicted octanol–water partition coefficient (Wildman–Crippen LogP) is 4.95. The molecule has 1 amide bonds. The number of carbonyl (C=O) groups is 1. The summed E-state index contributed by atoms with van der Waals surface area (Å²) in [6.07, 6.45) is 0. The van der Waals surface area contributed by atoms with E-state index < -0.39 is 10.0 Å². The van der Waals surface area contributed by atoms with Gasteiger partial charge in [0.25, 0.3) is 10.0 Å². The molecule has 0 saturated carbocycles. The van der Waals surface area contributed by atoms with Crippen LogP contribution in [0.1, 0.15) is 23.6 Å². The fourth-order valence-corrected chi connectivity index (χ4v) is 5.70. The van der Waals surface area contributed by atoms with E-state index in [4.69, 9.17) is 4.74 Å². The van der Waals surface area contributed by atoms with Crippen molar-refractivity contribution in [3.8, 4) is 5.75 Å². The van der Waals surface area contributed by atoms with Crippen molar-refractivity contribution in [2.75, 3.05) is 29.8 Å². The zero-order valence-corrected chi connectivity index (χ0v) is 22.0. The Morgan fingerprint density at radius 1 is 0.971 bits per heavy atom. The van der Waals surface area contributed by atoms with E-state index in [0.717, 1.165) is 21.4 Å². The lowest BCUT2D eigenvalue weighted by atomic mass is 10.2. The SMILES string of the molecule is CCOc1ccc(S(=O)(=O)N(CC(=O)NCCSCc2cccc(C)c2)c2ccc(C)cc2)cc1. The van der Waals surface area contributed by atoms with Gasteiger partial charge in [-0.05, 0) is 62.7 Å². The van der Waals surface area contributed by atoms with Crippen LogP contribution in [0.5, 0.6) is 5.75 Å². The first-order valence-corrected chi connectivity index (χ1v) is 14.1. The van der Waals surface area contributed by atoms with Crippen molar-refractivity contribution < 1.29 is 17.9 Å². The minimum Gasteiger partial charge on any atom is -0.494 e. The maximum Gasteiger partial charge on any atom is 0.264 e. The lowest BCUT2D eigenvalue weighted by Gasteiger charge is -2.24. The van der Waals surface area contributed by atoms with Crippen LogP contribution in [0.2, 0.25) is 0 Å². The van der Waals surface area contributed by atoms with E-state index in [9.17, 15) is 13.2 Å². The summed E-state index contributed by atoms with van der Waals surface area (Å²) in [5.74, 6) is 1.83. The van der Waals surface area contributed by atoms with Gasteiger partial charge in [-0.1, -0.05) is 47.5 Å². The van der Waals surface area contributed by atoms with Gasteiger partial charge in [0, 0.05) is 18.1 Å². The second kappa shape index (κ2) is 12.7. The molecule has 0 aliphatic heterocycles. The molecule has 186 valence electrons. The standard InChI is InChI=1S/C27H32N2O4S2/c1-4-33-25-12-14-26(15-13-25)35(31,32)29(24-10-8-21(2)9-11-24)19-27(30)28-16-17-34-20-23-7-5-6-22(3)18-23/h5-15,18H,4,16-17,19-20H2,1-3H3,(H,28,30). The van der Waals surface area contributed by atoms with Crippen molar-refractivity contribution in [1.82, 2.24) is 5.32 Å². The molecule has 0 spiro atoms. The molecule has 0 atom stereocenters. The number of amides is 1. The Morgan fingerprint density at radius 3 is 2.34 bits per heavy atom. The molecule has 0 aliphatic rings. The number of sulfonamides is 1. The topological polar surface area (TPSA) is 75.7 Å². The van der Waals surface area contributed by atoms with Crippen molar-refractivity contribution in [3.05, 3.63) is 89.5 Å². The molecule has 0 heterocycles. The highest BCUT2D eigenvalue weighted by Crippen LogP contribution is 2.25. The van der Waals surface area contributed by atoms with E-state index >= 15 is 0 Å². The van der Waals surface area contributed by atoms with E-state index in [1.54, 1.807) is 36.0 Å². The van der Waals surface area contributed by atoms with Crippen LogP contribution in [0.15, 0.2) is 77.7 Å². The second-order valence-corrected chi connectivity index (χ2v) is 11.1. The molecule has 0 bridgehead atoms. The molecule has 0 saturated heterocycles. The summed E-state index contributed by atoms with van der Waals surface area (Å²) < 4.78 is 33.5. The predicted molar refractivity (Wildman–Crippen MR) is 144 cm³/mol. The number of hydrogen-bond donors (Lipinski definition) is 1. The highest BCUT2D eigenvalue weighted by Gasteiger charge is 2.27. The summed E-state index contributed by atoms with van der Waals surface area (Å²) >= 11 is 1.72. The molecular formula is C27H32N2O4S2. The first kappa shape index (κ1) is 26.6. The minimum absolute atomic E-state index is 0.100. The highest BCUT2D eigenvalue weighted by atomic mass is 32.2. The van der Waals surface area contributed by atoms with E-state index in [-0.39, 0.29) is 17.3 Å². The zero-order chi connectivity index (χ0) is 25.3. The number of anilines is 1. The molecule has 0 aromatic heterocycles. The third-order valence-electron chi connectivity index (χ3n) is 5.25. The zero-order valence-electron chi connectivity index (χ0n) is 20.4. The smallest absolute Gasteiger partial charge is 0.264 e. The number of aryl methyl sites for hydroxylation is 2. The Morgan fingerprint density at radius 2 is 1.69 bits per heavy atom. The average molecular weight is 513 g/mol. The Labute approximate surface area is 212 Å². The van der Waals surface area contributed by atoms with E-state index in [0.29, 0.717) is 24.6 Å². The summed E-state index contributed by atoms with van der Waals surface area (Å²) in [6, 6.07) is 21.7. The Kier molecular flexibility index (Phi) is 9.63. The number of benzene rings is 3. The summed E-state index contributed by atoms with van der Waals surface area (Å²) in [7, 11) is -3.96. The molecule has 3 aromatic rings. The molecular weight excluding hydrogens is 480 g/mol. The largest absolute Gasteiger partial charge is 0.494 e. The number of ether oxygens (including phenoxy) is 1. The number of hydrogen-bond acceptors (Lipinski definition) is 5. The Bertz CT molecular complexity index is 1210. The van der Waals surface area contributed by atoms with E-state index in [2.05, 4.69) is 30.4 Å². The van der Waals surface area contributed by atoms with Gasteiger partial charge in [0.2, 0.25) is 5.91 Å². The first-order valence-electron chi connectivity index (χ1n) is 11.5. The van der Waals surface area contributed by atoms with Crippen LogP contribution in [0, 0.1) is 13.8 Å². The lowest BCUT2D eigenvalue weighted by molar-refractivity contribution is -0.119. The number of nitrogens with one attached hydrogen (secondary N) is 1. The Hall–Kier alpha value is -2.97. The number of rotatable bonds is 12. The molecule has 0 aliphatic carbocycles. The van der Waals surface area contributed by atoms with Gasteiger partial charge in [0.15, 0.2) is 0 Å². The summed E-state index contributed by atoms with van der Waals surface area (Å²) in [5.41, 5.74) is 3.91. The lowest BCUT2D eigenvalue weighted by Crippen LogP contribution is -2.41. The van der Waals surface area contributed by atoms with E-state index in [1.807, 2.05) is 32.0 Å². The molecule has 0 radical (unpaired) electrons. The maximum absolute atomic E-state index is 13.5. The molecule has 35 heavy (non-hydrogen) atoms. The van der Waals surface area contributed by atoms with Crippen LogP contribution in [-0.4, -0.2) is 39.8 Å². The van der Waals surface area contributed by atoms with Gasteiger partial charge in [-0.2, -0.15) is 11.8 Å². The molecule has 0 fully saturated rings. The van der Waals surface area contributed by atoms with E-state index in [1.165, 1.54) is 23.3 Å². The van der Waals surface area contributed by atoms with Crippen LogP contribution in [0.25, 0.3) is 0 Å². The van der Waals surface area contributed by atoms with Crippen molar-refractivity contribution >= 4 is 33.4 Å². The summed E-state index contributed by atoms with van der Waals surface area (Å²) in [4.78, 5) is 12.8. The van der Waals surface area contributed by atoms with Crippen LogP contribution >= 0.6 is 11.8 Å². The second-order valence-electron chi connectivity index (χ2n) is 8.14. The number of nitrogens with zero attached hydrogens (tertiary/aromatic N) is 1. The minimum atomic E-state index is -3.96. The fourth-order valence-electron chi connectivity index (χ4n) is 3.47. The average Bonchev–Trinajstić information content (AvgIpc) is 2.83. The van der Waals surface area contributed by atoms with Gasteiger partial charge in [-0.15, -0.1) is 0 Å². The van der Waals surface area contributed by atoms with Gasteiger partial charge in [-0.25, -0.2) is 8.42 Å². The highest BCUT2D eigenvalue weighted by molar-refractivity contribution is 7.98. The first-order chi connectivity index (χ1) is 16.8. The van der Waals surface area contributed by atoms with Crippen molar-refractivity contribution in [2.24, 2.45) is 0 Å². The number of thioether (sulfide) groups is 1. The quantitative estimate of drug-likeness (QED) is 0.348. The monoisotopic (exact) mass is 512 g/mol. The van der Waals surface area contributed by atoms with Crippen molar-refractivity contribution in [3.63, 3.8) is 0 Å². The molecule has 3 aromatic carbocycles. The van der Waals surface area contributed by atoms with Crippen LogP contribution in [0.4, 0.5) is 5.69 Å². The van der Waals surface area contributed by atoms with Gasteiger partial charge >= 0.3 is 0 Å². The van der Waals surface area contributed by atoms with Crippen LogP contribution in [-0.2, 0) is 20.6 Å². The third kappa shape index (κ3) is 7.77. The molecule has 0 unspecified atom stereocenters. The van der Waals surface area contributed by atoms with Crippen LogP contribution < -0.4 is 14.4 Å².